The minimum absolute atomic E-state index is 0.434. The molecule has 2 aromatic heterocycles. The number of carbonyl (C=O) groups excluding carboxylic acids is 1. The lowest BCUT2D eigenvalue weighted by Crippen LogP contribution is -2.13. The van der Waals surface area contributed by atoms with E-state index in [9.17, 15) is 4.79 Å². The summed E-state index contributed by atoms with van der Waals surface area (Å²) in [5.41, 5.74) is 9.51. The molecule has 1 aromatic carbocycles. The van der Waals surface area contributed by atoms with Gasteiger partial charge in [-0.3, -0.25) is 4.79 Å². The summed E-state index contributed by atoms with van der Waals surface area (Å²) in [7, 11) is 0. The second-order valence-electron chi connectivity index (χ2n) is 4.47. The van der Waals surface area contributed by atoms with E-state index in [1.54, 1.807) is 17.4 Å². The predicted molar refractivity (Wildman–Crippen MR) is 80.1 cm³/mol. The van der Waals surface area contributed by atoms with E-state index in [4.69, 9.17) is 5.73 Å². The standard InChI is InChI=1S/C15H13N3OS/c1-10-8-14(18(17-10)11-6-7-20-9-11)12-4-2-3-5-13(12)15(16)19/h2-9H,1H3,(H2,16,19). The van der Waals surface area contributed by atoms with Crippen LogP contribution in [-0.2, 0) is 0 Å². The monoisotopic (exact) mass is 283 g/mol. The van der Waals surface area contributed by atoms with Crippen molar-refractivity contribution in [1.29, 1.82) is 0 Å². The highest BCUT2D eigenvalue weighted by Gasteiger charge is 2.15. The van der Waals surface area contributed by atoms with E-state index in [2.05, 4.69) is 5.10 Å². The summed E-state index contributed by atoms with van der Waals surface area (Å²) >= 11 is 1.61. The van der Waals surface area contributed by atoms with Gasteiger partial charge in [-0.2, -0.15) is 16.4 Å². The Bertz CT molecular complexity index is 759. The summed E-state index contributed by atoms with van der Waals surface area (Å²) in [6.07, 6.45) is 0. The van der Waals surface area contributed by atoms with Crippen molar-refractivity contribution >= 4 is 17.2 Å². The highest BCUT2D eigenvalue weighted by molar-refractivity contribution is 7.08. The Morgan fingerprint density at radius 1 is 1.30 bits per heavy atom. The third kappa shape index (κ3) is 2.12. The average Bonchev–Trinajstić information content (AvgIpc) is 3.07. The highest BCUT2D eigenvalue weighted by Crippen LogP contribution is 2.27. The quantitative estimate of drug-likeness (QED) is 0.803. The van der Waals surface area contributed by atoms with Crippen molar-refractivity contribution < 1.29 is 4.79 Å². The highest BCUT2D eigenvalue weighted by atomic mass is 32.1. The number of nitrogens with two attached hydrogens (primary N) is 1. The molecular formula is C15H13N3OS. The van der Waals surface area contributed by atoms with Gasteiger partial charge in [0, 0.05) is 16.5 Å². The number of benzene rings is 1. The Labute approximate surface area is 120 Å². The third-order valence-electron chi connectivity index (χ3n) is 3.05. The molecule has 0 aliphatic heterocycles. The molecular weight excluding hydrogens is 270 g/mol. The molecule has 0 saturated carbocycles. The van der Waals surface area contributed by atoms with Crippen LogP contribution >= 0.6 is 11.3 Å². The molecule has 0 atom stereocenters. The van der Waals surface area contributed by atoms with Gasteiger partial charge in [-0.15, -0.1) is 0 Å². The van der Waals surface area contributed by atoms with Crippen LogP contribution in [0.1, 0.15) is 16.1 Å². The summed E-state index contributed by atoms with van der Waals surface area (Å²) in [4.78, 5) is 11.6. The molecule has 0 unspecified atom stereocenters. The first-order valence-corrected chi connectivity index (χ1v) is 7.09. The maximum absolute atomic E-state index is 11.6. The molecule has 0 aliphatic carbocycles. The maximum atomic E-state index is 11.6. The van der Waals surface area contributed by atoms with Crippen LogP contribution in [-0.4, -0.2) is 15.7 Å². The number of nitrogens with zero attached hydrogens (tertiary/aromatic N) is 2. The van der Waals surface area contributed by atoms with Gasteiger partial charge in [0.05, 0.1) is 17.1 Å². The number of aromatic nitrogens is 2. The summed E-state index contributed by atoms with van der Waals surface area (Å²) in [5.74, 6) is -0.434. The first kappa shape index (κ1) is 12.6. The minimum atomic E-state index is -0.434. The van der Waals surface area contributed by atoms with Crippen LogP contribution < -0.4 is 5.73 Å². The van der Waals surface area contributed by atoms with Gasteiger partial charge in [-0.25, -0.2) is 4.68 Å². The lowest BCUT2D eigenvalue weighted by atomic mass is 10.0. The van der Waals surface area contributed by atoms with E-state index in [1.165, 1.54) is 0 Å². The van der Waals surface area contributed by atoms with Gasteiger partial charge in [0.15, 0.2) is 0 Å². The molecule has 3 rings (SSSR count). The van der Waals surface area contributed by atoms with Crippen LogP contribution in [0.15, 0.2) is 47.2 Å². The van der Waals surface area contributed by atoms with Crippen molar-refractivity contribution in [2.24, 2.45) is 5.73 Å². The summed E-state index contributed by atoms with van der Waals surface area (Å²) in [6, 6.07) is 11.3. The lowest BCUT2D eigenvalue weighted by Gasteiger charge is -2.08. The van der Waals surface area contributed by atoms with E-state index in [0.717, 1.165) is 22.6 Å². The Morgan fingerprint density at radius 3 is 2.80 bits per heavy atom. The normalized spacial score (nSPS) is 10.7. The molecule has 3 aromatic rings. The number of rotatable bonds is 3. The van der Waals surface area contributed by atoms with Gasteiger partial charge in [-0.1, -0.05) is 18.2 Å². The Morgan fingerprint density at radius 2 is 2.10 bits per heavy atom. The fraction of sp³-hybridized carbons (Fsp3) is 0.0667. The van der Waals surface area contributed by atoms with Gasteiger partial charge in [0.2, 0.25) is 5.91 Å². The zero-order valence-electron chi connectivity index (χ0n) is 10.9. The molecule has 0 radical (unpaired) electrons. The molecule has 0 saturated heterocycles. The fourth-order valence-corrected chi connectivity index (χ4v) is 2.80. The third-order valence-corrected chi connectivity index (χ3v) is 3.72. The van der Waals surface area contributed by atoms with E-state index in [1.807, 2.05) is 52.7 Å². The van der Waals surface area contributed by atoms with E-state index in [0.29, 0.717) is 5.56 Å². The maximum Gasteiger partial charge on any atom is 0.249 e. The molecule has 5 heteroatoms. The zero-order valence-corrected chi connectivity index (χ0v) is 11.7. The van der Waals surface area contributed by atoms with Crippen LogP contribution in [0, 0.1) is 6.92 Å². The Balaban J connectivity index is 2.24. The second kappa shape index (κ2) is 4.94. The summed E-state index contributed by atoms with van der Waals surface area (Å²) < 4.78 is 1.84. The number of carbonyl (C=O) groups is 1. The average molecular weight is 283 g/mol. The van der Waals surface area contributed by atoms with E-state index >= 15 is 0 Å². The van der Waals surface area contributed by atoms with Gasteiger partial charge < -0.3 is 5.73 Å². The molecule has 2 N–H and O–H groups in total. The minimum Gasteiger partial charge on any atom is -0.366 e. The largest absolute Gasteiger partial charge is 0.366 e. The van der Waals surface area contributed by atoms with Crippen LogP contribution in [0.2, 0.25) is 0 Å². The van der Waals surface area contributed by atoms with Crippen LogP contribution in [0.4, 0.5) is 0 Å². The van der Waals surface area contributed by atoms with Gasteiger partial charge in [-0.05, 0) is 30.5 Å². The van der Waals surface area contributed by atoms with Crippen LogP contribution in [0.3, 0.4) is 0 Å². The Kier molecular flexibility index (Phi) is 3.12. The van der Waals surface area contributed by atoms with Crippen molar-refractivity contribution in [3.05, 3.63) is 58.4 Å². The molecule has 0 bridgehead atoms. The smallest absolute Gasteiger partial charge is 0.249 e. The number of primary amides is 1. The molecule has 100 valence electrons. The summed E-state index contributed by atoms with van der Waals surface area (Å²) in [6.45, 7) is 1.93. The lowest BCUT2D eigenvalue weighted by molar-refractivity contribution is 0.100. The van der Waals surface area contributed by atoms with E-state index in [-0.39, 0.29) is 0 Å². The molecule has 0 spiro atoms. The summed E-state index contributed by atoms with van der Waals surface area (Å²) in [5, 5.41) is 8.51. The van der Waals surface area contributed by atoms with Crippen molar-refractivity contribution in [3.63, 3.8) is 0 Å². The van der Waals surface area contributed by atoms with Crippen molar-refractivity contribution in [3.8, 4) is 16.9 Å². The number of hydrogen-bond donors (Lipinski definition) is 1. The molecule has 2 heterocycles. The van der Waals surface area contributed by atoms with Gasteiger partial charge in [0.1, 0.15) is 0 Å². The van der Waals surface area contributed by atoms with E-state index < -0.39 is 5.91 Å². The molecule has 1 amide bonds. The van der Waals surface area contributed by atoms with Gasteiger partial charge in [0.25, 0.3) is 0 Å². The zero-order chi connectivity index (χ0) is 14.1. The second-order valence-corrected chi connectivity index (χ2v) is 5.25. The number of hydrogen-bond acceptors (Lipinski definition) is 3. The predicted octanol–water partition coefficient (Wildman–Crippen LogP) is 3.01. The fourth-order valence-electron chi connectivity index (χ4n) is 2.19. The topological polar surface area (TPSA) is 60.9 Å². The molecule has 0 fully saturated rings. The molecule has 20 heavy (non-hydrogen) atoms. The number of thiophene rings is 1. The van der Waals surface area contributed by atoms with Gasteiger partial charge >= 0.3 is 0 Å². The van der Waals surface area contributed by atoms with Crippen LogP contribution in [0.25, 0.3) is 16.9 Å². The van der Waals surface area contributed by atoms with Crippen molar-refractivity contribution in [2.45, 2.75) is 6.92 Å². The first-order valence-electron chi connectivity index (χ1n) is 6.15. The van der Waals surface area contributed by atoms with Crippen molar-refractivity contribution in [2.75, 3.05) is 0 Å². The number of amides is 1. The molecule has 0 aliphatic rings. The van der Waals surface area contributed by atoms with Crippen molar-refractivity contribution in [1.82, 2.24) is 9.78 Å². The first-order chi connectivity index (χ1) is 9.66. The number of aryl methyl sites for hydroxylation is 1. The Hall–Kier alpha value is -2.40. The molecule has 4 nitrogen and oxygen atoms in total. The van der Waals surface area contributed by atoms with Crippen LogP contribution in [0.5, 0.6) is 0 Å². The SMILES string of the molecule is Cc1cc(-c2ccccc2C(N)=O)n(-c2ccsc2)n1.